The molecule has 1 atom stereocenters. The van der Waals surface area contributed by atoms with Crippen LogP contribution in [0.25, 0.3) is 0 Å². The lowest BCUT2D eigenvalue weighted by atomic mass is 9.84. The van der Waals surface area contributed by atoms with Crippen LogP contribution in [0.5, 0.6) is 0 Å². The summed E-state index contributed by atoms with van der Waals surface area (Å²) in [4.78, 5) is 6.69. The molecule has 1 aromatic heterocycles. The van der Waals surface area contributed by atoms with Gasteiger partial charge in [-0.2, -0.15) is 0 Å². The van der Waals surface area contributed by atoms with Crippen molar-refractivity contribution in [2.45, 2.75) is 51.2 Å². The number of hydrogen-bond donors (Lipinski definition) is 0. The maximum absolute atomic E-state index is 6.04. The number of ether oxygens (including phenoxy) is 1. The first kappa shape index (κ1) is 14.1. The van der Waals surface area contributed by atoms with Crippen molar-refractivity contribution >= 4 is 0 Å². The van der Waals surface area contributed by atoms with E-state index in [4.69, 9.17) is 4.74 Å². The Hall–Kier alpha value is -0.870. The summed E-state index contributed by atoms with van der Waals surface area (Å²) in [6.07, 6.45) is 14.5. The van der Waals surface area contributed by atoms with Crippen LogP contribution in [0.1, 0.15) is 38.5 Å². The van der Waals surface area contributed by atoms with E-state index in [1.54, 1.807) is 0 Å². The summed E-state index contributed by atoms with van der Waals surface area (Å²) < 4.78 is 8.21. The standard InChI is InChI=1S/C16H27N3O/c1-2-5-15(6-3-1)16-13-18(11-12-20-16)8-4-9-19-10-7-17-14-19/h7,10,14-16H,1-6,8-9,11-13H2/t16-/m0/s1. The molecular formula is C16H27N3O. The van der Waals surface area contributed by atoms with E-state index in [1.165, 1.54) is 45.1 Å². The van der Waals surface area contributed by atoms with Crippen LogP contribution in [0.15, 0.2) is 18.7 Å². The Balaban J connectivity index is 1.40. The third-order valence-corrected chi connectivity index (χ3v) is 4.80. The summed E-state index contributed by atoms with van der Waals surface area (Å²) in [5.41, 5.74) is 0. The fraction of sp³-hybridized carbons (Fsp3) is 0.812. The Morgan fingerprint density at radius 2 is 2.05 bits per heavy atom. The summed E-state index contributed by atoms with van der Waals surface area (Å²) in [6.45, 7) is 5.43. The van der Waals surface area contributed by atoms with Crippen molar-refractivity contribution in [3.8, 4) is 0 Å². The highest BCUT2D eigenvalue weighted by molar-refractivity contribution is 4.81. The highest BCUT2D eigenvalue weighted by Crippen LogP contribution is 2.29. The molecule has 2 fully saturated rings. The first-order valence-electron chi connectivity index (χ1n) is 8.21. The Bertz CT molecular complexity index is 373. The average molecular weight is 277 g/mol. The van der Waals surface area contributed by atoms with Gasteiger partial charge in [0, 0.05) is 38.6 Å². The zero-order valence-electron chi connectivity index (χ0n) is 12.4. The Kier molecular flexibility index (Phi) is 5.09. The van der Waals surface area contributed by atoms with E-state index in [1.807, 2.05) is 18.7 Å². The SMILES string of the molecule is c1cn(CCCN2CCO[C@H](C3CCCCC3)C2)cn1. The summed E-state index contributed by atoms with van der Waals surface area (Å²) in [5.74, 6) is 0.820. The molecule has 4 heteroatoms. The van der Waals surface area contributed by atoms with Gasteiger partial charge in [0.15, 0.2) is 0 Å². The van der Waals surface area contributed by atoms with E-state index in [0.29, 0.717) is 6.10 Å². The first-order chi connectivity index (χ1) is 9.92. The second kappa shape index (κ2) is 7.23. The maximum atomic E-state index is 6.04. The van der Waals surface area contributed by atoms with Gasteiger partial charge in [-0.3, -0.25) is 4.90 Å². The van der Waals surface area contributed by atoms with Gasteiger partial charge in [-0.15, -0.1) is 0 Å². The molecule has 0 radical (unpaired) electrons. The molecule has 2 aliphatic rings. The number of nitrogens with zero attached hydrogens (tertiary/aromatic N) is 3. The lowest BCUT2D eigenvalue weighted by molar-refractivity contribution is -0.0649. The quantitative estimate of drug-likeness (QED) is 0.828. The lowest BCUT2D eigenvalue weighted by Gasteiger charge is -2.38. The van der Waals surface area contributed by atoms with Crippen molar-refractivity contribution in [2.24, 2.45) is 5.92 Å². The van der Waals surface area contributed by atoms with Crippen molar-refractivity contribution in [1.82, 2.24) is 14.5 Å². The predicted octanol–water partition coefficient (Wildman–Crippen LogP) is 2.55. The molecule has 4 nitrogen and oxygen atoms in total. The zero-order valence-corrected chi connectivity index (χ0v) is 12.4. The number of aromatic nitrogens is 2. The second-order valence-electron chi connectivity index (χ2n) is 6.26. The van der Waals surface area contributed by atoms with Crippen LogP contribution in [0.3, 0.4) is 0 Å². The van der Waals surface area contributed by atoms with E-state index in [-0.39, 0.29) is 0 Å². The van der Waals surface area contributed by atoms with Gasteiger partial charge < -0.3 is 9.30 Å². The minimum absolute atomic E-state index is 0.497. The number of hydrogen-bond acceptors (Lipinski definition) is 3. The van der Waals surface area contributed by atoms with Crippen molar-refractivity contribution in [3.63, 3.8) is 0 Å². The highest BCUT2D eigenvalue weighted by atomic mass is 16.5. The van der Waals surface area contributed by atoms with E-state index in [9.17, 15) is 0 Å². The van der Waals surface area contributed by atoms with Gasteiger partial charge in [-0.25, -0.2) is 4.98 Å². The van der Waals surface area contributed by atoms with E-state index in [2.05, 4.69) is 14.5 Å². The van der Waals surface area contributed by atoms with Crippen LogP contribution in [-0.2, 0) is 11.3 Å². The van der Waals surface area contributed by atoms with Gasteiger partial charge in [-0.1, -0.05) is 19.3 Å². The third kappa shape index (κ3) is 3.83. The van der Waals surface area contributed by atoms with Gasteiger partial charge in [0.2, 0.25) is 0 Å². The summed E-state index contributed by atoms with van der Waals surface area (Å²) in [7, 11) is 0. The molecule has 0 unspecified atom stereocenters. The Labute approximate surface area is 122 Å². The smallest absolute Gasteiger partial charge is 0.0945 e. The topological polar surface area (TPSA) is 30.3 Å². The van der Waals surface area contributed by atoms with Crippen LogP contribution in [-0.4, -0.2) is 46.8 Å². The molecule has 0 aromatic carbocycles. The van der Waals surface area contributed by atoms with Crippen LogP contribution in [0.2, 0.25) is 0 Å². The average Bonchev–Trinajstić information content (AvgIpc) is 3.02. The fourth-order valence-corrected chi connectivity index (χ4v) is 3.62. The molecule has 1 aliphatic heterocycles. The van der Waals surface area contributed by atoms with Gasteiger partial charge >= 0.3 is 0 Å². The molecule has 2 heterocycles. The Morgan fingerprint density at radius 3 is 2.85 bits per heavy atom. The number of imidazole rings is 1. The van der Waals surface area contributed by atoms with E-state index >= 15 is 0 Å². The van der Waals surface area contributed by atoms with Gasteiger partial charge in [0.1, 0.15) is 0 Å². The largest absolute Gasteiger partial charge is 0.375 e. The molecule has 0 bridgehead atoms. The number of rotatable bonds is 5. The third-order valence-electron chi connectivity index (χ3n) is 4.80. The fourth-order valence-electron chi connectivity index (χ4n) is 3.62. The van der Waals surface area contributed by atoms with E-state index < -0.39 is 0 Å². The molecule has 1 saturated heterocycles. The maximum Gasteiger partial charge on any atom is 0.0945 e. The van der Waals surface area contributed by atoms with E-state index in [0.717, 1.165) is 32.2 Å². The molecule has 1 aliphatic carbocycles. The van der Waals surface area contributed by atoms with Crippen molar-refractivity contribution in [2.75, 3.05) is 26.2 Å². The molecule has 3 rings (SSSR count). The molecule has 1 aromatic rings. The summed E-state index contributed by atoms with van der Waals surface area (Å²) >= 11 is 0. The summed E-state index contributed by atoms with van der Waals surface area (Å²) in [5, 5.41) is 0. The van der Waals surface area contributed by atoms with Crippen LogP contribution in [0, 0.1) is 5.92 Å². The minimum atomic E-state index is 0.497. The zero-order chi connectivity index (χ0) is 13.6. The molecule has 1 saturated carbocycles. The van der Waals surface area contributed by atoms with Crippen LogP contribution < -0.4 is 0 Å². The predicted molar refractivity (Wildman–Crippen MR) is 79.6 cm³/mol. The number of aryl methyl sites for hydroxylation is 1. The molecule has 0 spiro atoms. The Morgan fingerprint density at radius 1 is 1.15 bits per heavy atom. The molecule has 20 heavy (non-hydrogen) atoms. The van der Waals surface area contributed by atoms with Gasteiger partial charge in [-0.05, 0) is 25.2 Å². The molecular weight excluding hydrogens is 250 g/mol. The lowest BCUT2D eigenvalue weighted by Crippen LogP contribution is -2.46. The van der Waals surface area contributed by atoms with Crippen molar-refractivity contribution < 1.29 is 4.74 Å². The molecule has 0 N–H and O–H groups in total. The molecule has 112 valence electrons. The van der Waals surface area contributed by atoms with Crippen LogP contribution in [0.4, 0.5) is 0 Å². The number of morpholine rings is 1. The highest BCUT2D eigenvalue weighted by Gasteiger charge is 2.28. The second-order valence-corrected chi connectivity index (χ2v) is 6.26. The normalized spacial score (nSPS) is 25.9. The van der Waals surface area contributed by atoms with Gasteiger partial charge in [0.25, 0.3) is 0 Å². The monoisotopic (exact) mass is 277 g/mol. The van der Waals surface area contributed by atoms with Crippen molar-refractivity contribution in [3.05, 3.63) is 18.7 Å². The van der Waals surface area contributed by atoms with Gasteiger partial charge in [0.05, 0.1) is 19.0 Å². The minimum Gasteiger partial charge on any atom is -0.375 e. The summed E-state index contributed by atoms with van der Waals surface area (Å²) in [6, 6.07) is 0. The van der Waals surface area contributed by atoms with Crippen molar-refractivity contribution in [1.29, 1.82) is 0 Å². The first-order valence-corrected chi connectivity index (χ1v) is 8.21. The van der Waals surface area contributed by atoms with Crippen LogP contribution >= 0.6 is 0 Å². The molecule has 0 amide bonds.